The Labute approximate surface area is 99.8 Å². The number of phenolic OH excluding ortho intramolecular Hbond substituents is 1. The van der Waals surface area contributed by atoms with Crippen molar-refractivity contribution in [2.45, 2.75) is 0 Å². The smallest absolute Gasteiger partial charge is 0.347 e. The van der Waals surface area contributed by atoms with E-state index < -0.39 is 0 Å². The maximum absolute atomic E-state index is 9.82. The molecule has 0 fully saturated rings. The monoisotopic (exact) mass is 225 g/mol. The number of benzene rings is 2. The highest BCUT2D eigenvalue weighted by molar-refractivity contribution is 6.07. The van der Waals surface area contributed by atoms with Gasteiger partial charge in [-0.3, -0.25) is 4.79 Å². The van der Waals surface area contributed by atoms with Gasteiger partial charge in [-0.2, -0.15) is 0 Å². The Morgan fingerprint density at radius 2 is 1.59 bits per heavy atom. The van der Waals surface area contributed by atoms with Gasteiger partial charge in [0.1, 0.15) is 5.75 Å². The number of hydrogen-bond donors (Lipinski definition) is 1. The largest absolute Gasteiger partial charge is 0.508 e. The van der Waals surface area contributed by atoms with Gasteiger partial charge in [-0.05, 0) is 35.9 Å². The molecule has 0 saturated heterocycles. The van der Waals surface area contributed by atoms with E-state index in [9.17, 15) is 4.79 Å². The SMILES string of the molecule is Oc1ccc(C(=[OH+])/C=C/c2ccccc2)cc1. The predicted molar refractivity (Wildman–Crippen MR) is 69.6 cm³/mol. The molecule has 2 N–H and O–H groups in total. The zero-order valence-corrected chi connectivity index (χ0v) is 9.25. The molecule has 0 saturated carbocycles. The van der Waals surface area contributed by atoms with Gasteiger partial charge < -0.3 is 5.11 Å². The molecule has 0 aliphatic heterocycles. The lowest BCUT2D eigenvalue weighted by Gasteiger charge is -1.92. The number of aromatic hydroxyl groups is 1. The van der Waals surface area contributed by atoms with E-state index in [2.05, 4.69) is 0 Å². The van der Waals surface area contributed by atoms with E-state index in [-0.39, 0.29) is 11.5 Å². The van der Waals surface area contributed by atoms with Crippen LogP contribution in [0.5, 0.6) is 5.75 Å². The van der Waals surface area contributed by atoms with Crippen LogP contribution in [0.4, 0.5) is 0 Å². The van der Waals surface area contributed by atoms with Crippen molar-refractivity contribution in [2.24, 2.45) is 0 Å². The molecule has 2 aromatic carbocycles. The van der Waals surface area contributed by atoms with Crippen molar-refractivity contribution in [2.75, 3.05) is 0 Å². The lowest BCUT2D eigenvalue weighted by molar-refractivity contribution is 0.475. The summed E-state index contributed by atoms with van der Waals surface area (Å²) in [6.07, 6.45) is 3.48. The van der Waals surface area contributed by atoms with E-state index in [4.69, 9.17) is 5.11 Å². The normalized spacial score (nSPS) is 10.6. The van der Waals surface area contributed by atoms with Crippen molar-refractivity contribution in [1.29, 1.82) is 0 Å². The third-order valence-electron chi connectivity index (χ3n) is 2.40. The number of carbonyl (C=O) groups excluding carboxylic acids is 1. The maximum atomic E-state index is 9.82. The van der Waals surface area contributed by atoms with E-state index in [1.165, 1.54) is 0 Å². The third-order valence-corrected chi connectivity index (χ3v) is 2.40. The van der Waals surface area contributed by atoms with Crippen molar-refractivity contribution in [1.82, 2.24) is 0 Å². The zero-order chi connectivity index (χ0) is 12.1. The van der Waals surface area contributed by atoms with Gasteiger partial charge in [-0.15, -0.1) is 0 Å². The lowest BCUT2D eigenvalue weighted by atomic mass is 10.1. The molecule has 2 nitrogen and oxygen atoms in total. The summed E-state index contributed by atoms with van der Waals surface area (Å²) in [7, 11) is 0. The summed E-state index contributed by atoms with van der Waals surface area (Å²) in [5.74, 6) is 0.363. The van der Waals surface area contributed by atoms with Crippen molar-refractivity contribution < 1.29 is 9.90 Å². The first-order chi connectivity index (χ1) is 8.25. The summed E-state index contributed by atoms with van der Waals surface area (Å²) in [6, 6.07) is 16.2. The summed E-state index contributed by atoms with van der Waals surface area (Å²) in [6.45, 7) is 0. The van der Waals surface area contributed by atoms with Crippen molar-refractivity contribution in [3.8, 4) is 5.75 Å². The Morgan fingerprint density at radius 1 is 0.941 bits per heavy atom. The fraction of sp³-hybridized carbons (Fsp3) is 0. The fourth-order valence-corrected chi connectivity index (χ4v) is 1.47. The highest BCUT2D eigenvalue weighted by atomic mass is 16.3. The van der Waals surface area contributed by atoms with Crippen LogP contribution in [-0.2, 0) is 0 Å². The fourth-order valence-electron chi connectivity index (χ4n) is 1.47. The zero-order valence-electron chi connectivity index (χ0n) is 9.25. The van der Waals surface area contributed by atoms with Gasteiger partial charge >= 0.3 is 5.78 Å². The summed E-state index contributed by atoms with van der Waals surface area (Å²) in [5, 5.41) is 9.14. The van der Waals surface area contributed by atoms with Crippen LogP contribution < -0.4 is 0 Å². The number of allylic oxidation sites excluding steroid dienone is 1. The van der Waals surface area contributed by atoms with Crippen molar-refractivity contribution in [3.05, 3.63) is 71.8 Å². The van der Waals surface area contributed by atoms with Crippen molar-refractivity contribution in [3.63, 3.8) is 0 Å². The molecule has 2 aromatic rings. The third kappa shape index (κ3) is 3.05. The van der Waals surface area contributed by atoms with Gasteiger partial charge in [0.2, 0.25) is 0 Å². The van der Waals surface area contributed by atoms with Crippen LogP contribution in [0.2, 0.25) is 0 Å². The molecule has 0 atom stereocenters. The van der Waals surface area contributed by atoms with Crippen LogP contribution in [0.15, 0.2) is 60.7 Å². The van der Waals surface area contributed by atoms with Gasteiger partial charge in [-0.25, -0.2) is 0 Å². The summed E-state index contributed by atoms with van der Waals surface area (Å²) < 4.78 is 0. The van der Waals surface area contributed by atoms with Crippen molar-refractivity contribution >= 4 is 11.9 Å². The van der Waals surface area contributed by atoms with Crippen LogP contribution >= 0.6 is 0 Å². The summed E-state index contributed by atoms with van der Waals surface area (Å²) >= 11 is 0. The molecule has 0 radical (unpaired) electrons. The second-order valence-corrected chi connectivity index (χ2v) is 3.68. The first kappa shape index (κ1) is 11.1. The lowest BCUT2D eigenvalue weighted by Crippen LogP contribution is -1.94. The molecule has 0 aliphatic rings. The minimum atomic E-state index is 0.175. The topological polar surface area (TPSA) is 41.6 Å². The molecular weight excluding hydrogens is 212 g/mol. The second kappa shape index (κ2) is 5.12. The summed E-state index contributed by atoms with van der Waals surface area (Å²) in [5.41, 5.74) is 1.70. The minimum Gasteiger partial charge on any atom is -0.508 e. The molecule has 0 heterocycles. The number of ketones is 1. The first-order valence-corrected chi connectivity index (χ1v) is 5.34. The molecule has 0 bridgehead atoms. The van der Waals surface area contributed by atoms with Gasteiger partial charge in [0.15, 0.2) is 0 Å². The first-order valence-electron chi connectivity index (χ1n) is 5.34. The average Bonchev–Trinajstić information content (AvgIpc) is 2.38. The summed E-state index contributed by atoms with van der Waals surface area (Å²) in [4.78, 5) is 9.82. The van der Waals surface area contributed by atoms with E-state index in [0.29, 0.717) is 5.56 Å². The number of hydrogen-bond acceptors (Lipinski definition) is 1. The molecule has 84 valence electrons. The van der Waals surface area contributed by atoms with Crippen LogP contribution in [0.25, 0.3) is 6.08 Å². The van der Waals surface area contributed by atoms with Gasteiger partial charge in [0, 0.05) is 6.08 Å². The van der Waals surface area contributed by atoms with E-state index in [1.807, 2.05) is 36.4 Å². The Hall–Kier alpha value is -2.35. The van der Waals surface area contributed by atoms with Gasteiger partial charge in [-0.1, -0.05) is 30.3 Å². The molecular formula is C15H13O2+. The molecule has 2 rings (SSSR count). The molecule has 0 amide bonds. The maximum Gasteiger partial charge on any atom is 0.347 e. The number of rotatable bonds is 3. The molecule has 17 heavy (non-hydrogen) atoms. The van der Waals surface area contributed by atoms with Gasteiger partial charge in [0.25, 0.3) is 0 Å². The van der Waals surface area contributed by atoms with Gasteiger partial charge in [0.05, 0.1) is 5.56 Å². The Bertz CT molecular complexity index is 525. The second-order valence-electron chi connectivity index (χ2n) is 3.68. The van der Waals surface area contributed by atoms with Crippen LogP contribution in [0.1, 0.15) is 11.1 Å². The molecule has 0 aliphatic carbocycles. The Kier molecular flexibility index (Phi) is 3.36. The van der Waals surface area contributed by atoms with Crippen LogP contribution in [0, 0.1) is 0 Å². The van der Waals surface area contributed by atoms with E-state index in [1.54, 1.807) is 30.3 Å². The minimum absolute atomic E-state index is 0.175. The van der Waals surface area contributed by atoms with Crippen LogP contribution in [0.3, 0.4) is 0 Å². The molecule has 0 unspecified atom stereocenters. The Balaban J connectivity index is 2.12. The van der Waals surface area contributed by atoms with Crippen LogP contribution in [-0.4, -0.2) is 15.7 Å². The molecule has 2 heteroatoms. The highest BCUT2D eigenvalue weighted by Crippen LogP contribution is 2.11. The highest BCUT2D eigenvalue weighted by Gasteiger charge is 2.07. The number of phenols is 1. The van der Waals surface area contributed by atoms with E-state index >= 15 is 0 Å². The molecule has 0 spiro atoms. The quantitative estimate of drug-likeness (QED) is 0.487. The standard InChI is InChI=1S/C15H12O2/c16-14-9-7-13(8-10-14)15(17)11-6-12-4-2-1-3-5-12/h1-11,16H/p+1/b11-6+. The predicted octanol–water partition coefficient (Wildman–Crippen LogP) is 3.00. The average molecular weight is 225 g/mol. The van der Waals surface area contributed by atoms with E-state index in [0.717, 1.165) is 5.56 Å². The Morgan fingerprint density at radius 3 is 2.24 bits per heavy atom. The molecule has 0 aromatic heterocycles.